The Labute approximate surface area is 171 Å². The number of para-hydroxylation sites is 1. The van der Waals surface area contributed by atoms with Crippen LogP contribution in [0.4, 0.5) is 4.39 Å². The van der Waals surface area contributed by atoms with Crippen molar-refractivity contribution < 1.29 is 4.39 Å². The van der Waals surface area contributed by atoms with Gasteiger partial charge < -0.3 is 0 Å². The summed E-state index contributed by atoms with van der Waals surface area (Å²) in [5.41, 5.74) is 1.27. The lowest BCUT2D eigenvalue weighted by atomic mass is 10.2. The maximum Gasteiger partial charge on any atom is 0.192 e. The molecule has 4 aromatic rings. The third-order valence-corrected chi connectivity index (χ3v) is 5.36. The monoisotopic (exact) mass is 407 g/mol. The molecule has 1 atom stereocenters. The molecule has 29 heavy (non-hydrogen) atoms. The van der Waals surface area contributed by atoms with Crippen LogP contribution in [0.2, 0.25) is 0 Å². The zero-order valence-corrected chi connectivity index (χ0v) is 16.5. The van der Waals surface area contributed by atoms with E-state index in [4.69, 9.17) is 0 Å². The summed E-state index contributed by atoms with van der Waals surface area (Å²) in [7, 11) is 0. The maximum absolute atomic E-state index is 14.3. The summed E-state index contributed by atoms with van der Waals surface area (Å²) >= 11 is 1.45. The van der Waals surface area contributed by atoms with Crippen LogP contribution in [0, 0.1) is 5.82 Å². The molecule has 0 aliphatic heterocycles. The Morgan fingerprint density at radius 2 is 1.83 bits per heavy atom. The van der Waals surface area contributed by atoms with Gasteiger partial charge >= 0.3 is 0 Å². The number of benzene rings is 2. The van der Waals surface area contributed by atoms with Crippen LogP contribution in [-0.4, -0.2) is 35.0 Å². The van der Waals surface area contributed by atoms with Crippen LogP contribution in [0.3, 0.4) is 0 Å². The van der Waals surface area contributed by atoms with Gasteiger partial charge in [-0.15, -0.1) is 21.9 Å². The first-order valence-electron chi connectivity index (χ1n) is 8.98. The molecular formula is C20H18FN7S. The number of nitrogens with zero attached hydrogens (tertiary/aromatic N) is 7. The van der Waals surface area contributed by atoms with E-state index in [0.717, 1.165) is 5.69 Å². The molecule has 0 saturated heterocycles. The Balaban J connectivity index is 1.66. The minimum Gasteiger partial charge on any atom is -0.298 e. The molecule has 0 bridgehead atoms. The highest BCUT2D eigenvalue weighted by Crippen LogP contribution is 2.35. The third kappa shape index (κ3) is 3.81. The Hall–Kier alpha value is -3.33. The molecule has 0 aliphatic rings. The molecule has 146 valence electrons. The summed E-state index contributed by atoms with van der Waals surface area (Å²) < 4.78 is 17.8. The number of hydrogen-bond acceptors (Lipinski definition) is 6. The fourth-order valence-electron chi connectivity index (χ4n) is 2.92. The van der Waals surface area contributed by atoms with Crippen molar-refractivity contribution in [2.24, 2.45) is 0 Å². The first-order chi connectivity index (χ1) is 14.2. The molecule has 0 amide bonds. The molecule has 0 saturated carbocycles. The van der Waals surface area contributed by atoms with Crippen molar-refractivity contribution in [2.75, 3.05) is 0 Å². The van der Waals surface area contributed by atoms with Crippen molar-refractivity contribution in [3.05, 3.63) is 78.9 Å². The highest BCUT2D eigenvalue weighted by atomic mass is 32.2. The lowest BCUT2D eigenvalue weighted by molar-refractivity contribution is 0.626. The number of tetrazole rings is 1. The first-order valence-corrected chi connectivity index (χ1v) is 9.86. The van der Waals surface area contributed by atoms with E-state index in [9.17, 15) is 4.39 Å². The van der Waals surface area contributed by atoms with E-state index in [0.29, 0.717) is 28.9 Å². The Bertz CT molecular complexity index is 1120. The van der Waals surface area contributed by atoms with Gasteiger partial charge in [0.25, 0.3) is 0 Å². The molecule has 0 aliphatic carbocycles. The van der Waals surface area contributed by atoms with Crippen molar-refractivity contribution in [1.82, 2.24) is 35.0 Å². The molecule has 2 aromatic carbocycles. The van der Waals surface area contributed by atoms with Gasteiger partial charge in [-0.25, -0.2) is 4.39 Å². The molecule has 0 N–H and O–H groups in total. The van der Waals surface area contributed by atoms with Crippen LogP contribution in [0.15, 0.2) is 72.4 Å². The largest absolute Gasteiger partial charge is 0.298 e. The van der Waals surface area contributed by atoms with Crippen molar-refractivity contribution >= 4 is 11.8 Å². The molecule has 0 spiro atoms. The van der Waals surface area contributed by atoms with Gasteiger partial charge in [0.05, 0.1) is 16.5 Å². The van der Waals surface area contributed by atoms with Crippen molar-refractivity contribution in [3.63, 3.8) is 0 Å². The summed E-state index contributed by atoms with van der Waals surface area (Å²) in [6, 6.07) is 16.2. The second-order valence-corrected chi connectivity index (χ2v) is 7.54. The fraction of sp³-hybridized carbons (Fsp3) is 0.150. The van der Waals surface area contributed by atoms with Gasteiger partial charge in [0.15, 0.2) is 16.8 Å². The summed E-state index contributed by atoms with van der Waals surface area (Å²) in [5.74, 6) is 0.796. The van der Waals surface area contributed by atoms with Crippen molar-refractivity contribution in [3.8, 4) is 17.1 Å². The molecule has 2 aromatic heterocycles. The van der Waals surface area contributed by atoms with Gasteiger partial charge in [-0.05, 0) is 41.6 Å². The van der Waals surface area contributed by atoms with Crippen LogP contribution < -0.4 is 0 Å². The molecular weight excluding hydrogens is 389 g/mol. The maximum atomic E-state index is 14.3. The SMILES string of the molecule is C=CCn1c(SC(C)c2nnnn2-c2ccccc2)nnc1-c1ccccc1F. The van der Waals surface area contributed by atoms with Crippen LogP contribution in [0.5, 0.6) is 0 Å². The Morgan fingerprint density at radius 1 is 1.07 bits per heavy atom. The van der Waals surface area contributed by atoms with Gasteiger partial charge in [-0.3, -0.25) is 4.57 Å². The second-order valence-electron chi connectivity index (χ2n) is 6.23. The summed E-state index contributed by atoms with van der Waals surface area (Å²) in [6.45, 7) is 6.25. The first kappa shape index (κ1) is 19.0. The predicted octanol–water partition coefficient (Wildman–Crippen LogP) is 4.10. The zero-order valence-electron chi connectivity index (χ0n) is 15.7. The van der Waals surface area contributed by atoms with Gasteiger partial charge in [-0.1, -0.05) is 48.2 Å². The lowest BCUT2D eigenvalue weighted by Gasteiger charge is -2.12. The number of aromatic nitrogens is 7. The van der Waals surface area contributed by atoms with E-state index in [1.54, 1.807) is 29.0 Å². The van der Waals surface area contributed by atoms with Crippen LogP contribution >= 0.6 is 11.8 Å². The fourth-order valence-corrected chi connectivity index (χ4v) is 3.87. The smallest absolute Gasteiger partial charge is 0.192 e. The van der Waals surface area contributed by atoms with Crippen molar-refractivity contribution in [1.29, 1.82) is 0 Å². The molecule has 4 rings (SSSR count). The number of hydrogen-bond donors (Lipinski definition) is 0. The summed E-state index contributed by atoms with van der Waals surface area (Å²) in [4.78, 5) is 0. The molecule has 2 heterocycles. The average molecular weight is 407 g/mol. The van der Waals surface area contributed by atoms with E-state index in [1.165, 1.54) is 17.8 Å². The molecule has 7 nitrogen and oxygen atoms in total. The summed E-state index contributed by atoms with van der Waals surface area (Å²) in [5, 5.41) is 21.2. The van der Waals surface area contributed by atoms with Gasteiger partial charge in [0, 0.05) is 6.54 Å². The predicted molar refractivity (Wildman–Crippen MR) is 109 cm³/mol. The number of rotatable bonds is 7. The standard InChI is InChI=1S/C20H18FN7S/c1-3-13-27-19(16-11-7-8-12-17(16)21)22-24-20(27)29-14(2)18-23-25-26-28(18)15-9-5-4-6-10-15/h3-12,14H,1,13H2,2H3. The van der Waals surface area contributed by atoms with E-state index in [2.05, 4.69) is 32.3 Å². The average Bonchev–Trinajstić information content (AvgIpc) is 3.37. The van der Waals surface area contributed by atoms with Crippen LogP contribution in [0.25, 0.3) is 17.1 Å². The van der Waals surface area contributed by atoms with E-state index < -0.39 is 0 Å². The molecule has 0 fully saturated rings. The molecule has 0 radical (unpaired) electrons. The topological polar surface area (TPSA) is 74.3 Å². The van der Waals surface area contributed by atoms with Crippen LogP contribution in [0.1, 0.15) is 18.0 Å². The third-order valence-electron chi connectivity index (χ3n) is 4.28. The molecule has 1 unspecified atom stereocenters. The quantitative estimate of drug-likeness (QED) is 0.339. The van der Waals surface area contributed by atoms with Crippen molar-refractivity contribution in [2.45, 2.75) is 23.9 Å². The minimum atomic E-state index is -0.345. The van der Waals surface area contributed by atoms with Gasteiger partial charge in [-0.2, -0.15) is 4.68 Å². The Morgan fingerprint density at radius 3 is 2.59 bits per heavy atom. The van der Waals surface area contributed by atoms with Gasteiger partial charge in [0.1, 0.15) is 5.82 Å². The number of halogens is 1. The number of thioether (sulfide) groups is 1. The highest BCUT2D eigenvalue weighted by Gasteiger charge is 2.22. The van der Waals surface area contributed by atoms with E-state index >= 15 is 0 Å². The lowest BCUT2D eigenvalue weighted by Crippen LogP contribution is -2.07. The van der Waals surface area contributed by atoms with Gasteiger partial charge in [0.2, 0.25) is 0 Å². The second kappa shape index (κ2) is 8.36. The normalized spacial score (nSPS) is 12.1. The van der Waals surface area contributed by atoms with Crippen LogP contribution in [-0.2, 0) is 6.54 Å². The number of allylic oxidation sites excluding steroid dienone is 1. The zero-order chi connectivity index (χ0) is 20.2. The molecule has 9 heteroatoms. The van der Waals surface area contributed by atoms with E-state index in [-0.39, 0.29) is 11.1 Å². The minimum absolute atomic E-state index is 0.119. The van der Waals surface area contributed by atoms with E-state index in [1.807, 2.05) is 41.8 Å². The highest BCUT2D eigenvalue weighted by molar-refractivity contribution is 7.99. The summed E-state index contributed by atoms with van der Waals surface area (Å²) in [6.07, 6.45) is 1.73. The Kier molecular flexibility index (Phi) is 5.48.